The SMILES string of the molecule is CC(NC(=O)c1ccnc(NC(=O)C2CC2)c1)c1cccc(C(F)(F)F)c1. The number of anilines is 1. The molecule has 2 aromatic rings. The molecule has 1 heterocycles. The van der Waals surface area contributed by atoms with Crippen LogP contribution in [0.15, 0.2) is 42.6 Å². The van der Waals surface area contributed by atoms with Crippen LogP contribution in [-0.2, 0) is 11.0 Å². The maximum Gasteiger partial charge on any atom is 0.416 e. The van der Waals surface area contributed by atoms with E-state index in [0.717, 1.165) is 25.0 Å². The molecule has 2 amide bonds. The maximum atomic E-state index is 12.8. The highest BCUT2D eigenvalue weighted by Gasteiger charge is 2.31. The second-order valence-corrected chi connectivity index (χ2v) is 6.51. The van der Waals surface area contributed by atoms with E-state index < -0.39 is 23.7 Å². The fourth-order valence-corrected chi connectivity index (χ4v) is 2.56. The van der Waals surface area contributed by atoms with Crippen LogP contribution < -0.4 is 10.6 Å². The van der Waals surface area contributed by atoms with E-state index >= 15 is 0 Å². The van der Waals surface area contributed by atoms with Gasteiger partial charge in [0.25, 0.3) is 5.91 Å². The van der Waals surface area contributed by atoms with Gasteiger partial charge in [0, 0.05) is 17.7 Å². The van der Waals surface area contributed by atoms with E-state index in [0.29, 0.717) is 5.56 Å². The third kappa shape index (κ3) is 4.84. The minimum absolute atomic E-state index is 0.00483. The summed E-state index contributed by atoms with van der Waals surface area (Å²) in [6.07, 6.45) is -1.35. The van der Waals surface area contributed by atoms with Crippen LogP contribution in [0.4, 0.5) is 19.0 Å². The molecule has 1 aromatic carbocycles. The number of hydrogen-bond donors (Lipinski definition) is 2. The number of nitrogens with zero attached hydrogens (tertiary/aromatic N) is 1. The number of rotatable bonds is 5. The fraction of sp³-hybridized carbons (Fsp3) is 0.316. The second-order valence-electron chi connectivity index (χ2n) is 6.51. The summed E-state index contributed by atoms with van der Waals surface area (Å²) in [6.45, 7) is 1.60. The molecule has 1 aliphatic carbocycles. The first-order chi connectivity index (χ1) is 12.7. The topological polar surface area (TPSA) is 71.1 Å². The van der Waals surface area contributed by atoms with Gasteiger partial charge in [0.2, 0.25) is 5.91 Å². The van der Waals surface area contributed by atoms with E-state index in [9.17, 15) is 22.8 Å². The third-order valence-corrected chi connectivity index (χ3v) is 4.28. The van der Waals surface area contributed by atoms with Gasteiger partial charge < -0.3 is 10.6 Å². The van der Waals surface area contributed by atoms with Crippen LogP contribution in [0.2, 0.25) is 0 Å². The Morgan fingerprint density at radius 2 is 1.93 bits per heavy atom. The van der Waals surface area contributed by atoms with Crippen molar-refractivity contribution in [1.29, 1.82) is 0 Å². The van der Waals surface area contributed by atoms with Crippen LogP contribution in [-0.4, -0.2) is 16.8 Å². The predicted octanol–water partition coefficient (Wildman–Crippen LogP) is 3.94. The molecule has 5 nitrogen and oxygen atoms in total. The molecule has 0 saturated heterocycles. The zero-order valence-electron chi connectivity index (χ0n) is 14.5. The quantitative estimate of drug-likeness (QED) is 0.829. The van der Waals surface area contributed by atoms with Gasteiger partial charge in [-0.15, -0.1) is 0 Å². The highest BCUT2D eigenvalue weighted by Crippen LogP contribution is 2.31. The van der Waals surface area contributed by atoms with Crippen molar-refractivity contribution in [3.05, 3.63) is 59.3 Å². The van der Waals surface area contributed by atoms with Gasteiger partial charge in [0.1, 0.15) is 5.82 Å². The molecule has 1 unspecified atom stereocenters. The molecule has 8 heteroatoms. The van der Waals surface area contributed by atoms with Crippen molar-refractivity contribution in [3.63, 3.8) is 0 Å². The van der Waals surface area contributed by atoms with Crippen LogP contribution in [0, 0.1) is 5.92 Å². The van der Waals surface area contributed by atoms with Gasteiger partial charge in [0.15, 0.2) is 0 Å². The number of aromatic nitrogens is 1. The Hall–Kier alpha value is -2.90. The molecule has 1 saturated carbocycles. The van der Waals surface area contributed by atoms with Crippen LogP contribution in [0.5, 0.6) is 0 Å². The minimum Gasteiger partial charge on any atom is -0.346 e. The van der Waals surface area contributed by atoms with E-state index in [1.54, 1.807) is 6.92 Å². The van der Waals surface area contributed by atoms with Gasteiger partial charge in [-0.25, -0.2) is 4.98 Å². The lowest BCUT2D eigenvalue weighted by molar-refractivity contribution is -0.137. The Bertz CT molecular complexity index is 863. The highest BCUT2D eigenvalue weighted by atomic mass is 19.4. The zero-order chi connectivity index (χ0) is 19.6. The number of carbonyl (C=O) groups is 2. The number of pyridine rings is 1. The molecule has 1 aromatic heterocycles. The lowest BCUT2D eigenvalue weighted by atomic mass is 10.0. The van der Waals surface area contributed by atoms with Crippen LogP contribution >= 0.6 is 0 Å². The molecular formula is C19H18F3N3O2. The van der Waals surface area contributed by atoms with E-state index in [2.05, 4.69) is 15.6 Å². The molecule has 0 radical (unpaired) electrons. The summed E-state index contributed by atoms with van der Waals surface area (Å²) >= 11 is 0. The number of halogens is 3. The average molecular weight is 377 g/mol. The summed E-state index contributed by atoms with van der Waals surface area (Å²) in [4.78, 5) is 28.2. The molecule has 2 N–H and O–H groups in total. The normalized spacial score (nSPS) is 15.1. The largest absolute Gasteiger partial charge is 0.416 e. The van der Waals surface area contributed by atoms with E-state index in [4.69, 9.17) is 0 Å². The van der Waals surface area contributed by atoms with Gasteiger partial charge in [-0.05, 0) is 49.6 Å². The number of carbonyl (C=O) groups excluding carboxylic acids is 2. The van der Waals surface area contributed by atoms with E-state index in [1.807, 2.05) is 0 Å². The molecule has 0 aliphatic heterocycles. The zero-order valence-corrected chi connectivity index (χ0v) is 14.5. The van der Waals surface area contributed by atoms with Gasteiger partial charge in [0.05, 0.1) is 11.6 Å². The van der Waals surface area contributed by atoms with Gasteiger partial charge in [-0.3, -0.25) is 9.59 Å². The van der Waals surface area contributed by atoms with Crippen molar-refractivity contribution >= 4 is 17.6 Å². The first kappa shape index (κ1) is 18.9. The van der Waals surface area contributed by atoms with Crippen molar-refractivity contribution in [2.75, 3.05) is 5.32 Å². The minimum atomic E-state index is -4.44. The summed E-state index contributed by atoms with van der Waals surface area (Å²) in [6, 6.07) is 7.11. The Morgan fingerprint density at radius 1 is 1.19 bits per heavy atom. The van der Waals surface area contributed by atoms with Crippen LogP contribution in [0.1, 0.15) is 47.3 Å². The molecule has 1 atom stereocenters. The number of nitrogens with one attached hydrogen (secondary N) is 2. The summed E-state index contributed by atoms with van der Waals surface area (Å²) in [5.74, 6) is -0.321. The van der Waals surface area contributed by atoms with Crippen molar-refractivity contribution < 1.29 is 22.8 Å². The van der Waals surface area contributed by atoms with Crippen molar-refractivity contribution in [2.24, 2.45) is 5.92 Å². The van der Waals surface area contributed by atoms with Crippen molar-refractivity contribution in [2.45, 2.75) is 32.0 Å². The lowest BCUT2D eigenvalue weighted by Crippen LogP contribution is -2.27. The summed E-state index contributed by atoms with van der Waals surface area (Å²) in [7, 11) is 0. The summed E-state index contributed by atoms with van der Waals surface area (Å²) in [5, 5.41) is 5.31. The Morgan fingerprint density at radius 3 is 2.59 bits per heavy atom. The third-order valence-electron chi connectivity index (χ3n) is 4.28. The molecule has 0 spiro atoms. The predicted molar refractivity (Wildman–Crippen MR) is 92.9 cm³/mol. The number of alkyl halides is 3. The molecule has 142 valence electrons. The molecule has 3 rings (SSSR count). The van der Waals surface area contributed by atoms with E-state index in [1.165, 1.54) is 30.5 Å². The Balaban J connectivity index is 1.68. The molecule has 1 fully saturated rings. The van der Waals surface area contributed by atoms with Crippen molar-refractivity contribution in [3.8, 4) is 0 Å². The average Bonchev–Trinajstić information content (AvgIpc) is 3.46. The summed E-state index contributed by atoms with van der Waals surface area (Å²) < 4.78 is 38.5. The van der Waals surface area contributed by atoms with Gasteiger partial charge in [-0.2, -0.15) is 13.2 Å². The number of benzene rings is 1. The van der Waals surface area contributed by atoms with Gasteiger partial charge >= 0.3 is 6.18 Å². The van der Waals surface area contributed by atoms with Crippen LogP contribution in [0.3, 0.4) is 0 Å². The van der Waals surface area contributed by atoms with Gasteiger partial charge in [-0.1, -0.05) is 12.1 Å². The monoisotopic (exact) mass is 377 g/mol. The van der Waals surface area contributed by atoms with Crippen molar-refractivity contribution in [1.82, 2.24) is 10.3 Å². The summed E-state index contributed by atoms with van der Waals surface area (Å²) in [5.41, 5.74) is -0.167. The smallest absolute Gasteiger partial charge is 0.346 e. The molecule has 1 aliphatic rings. The molecule has 27 heavy (non-hydrogen) atoms. The second kappa shape index (κ2) is 7.38. The van der Waals surface area contributed by atoms with E-state index in [-0.39, 0.29) is 23.2 Å². The molecular weight excluding hydrogens is 359 g/mol. The Kier molecular flexibility index (Phi) is 5.16. The first-order valence-corrected chi connectivity index (χ1v) is 8.49. The number of hydrogen-bond acceptors (Lipinski definition) is 3. The number of amides is 2. The van der Waals surface area contributed by atoms with Crippen LogP contribution in [0.25, 0.3) is 0 Å². The standard InChI is InChI=1S/C19H18F3N3O2/c1-11(13-3-2-4-15(9-13)19(20,21)22)24-18(27)14-7-8-23-16(10-14)25-17(26)12-5-6-12/h2-4,7-12H,5-6H2,1H3,(H,24,27)(H,23,25,26). The Labute approximate surface area is 154 Å². The molecule has 0 bridgehead atoms. The highest BCUT2D eigenvalue weighted by molar-refractivity contribution is 5.97. The first-order valence-electron chi connectivity index (χ1n) is 8.49. The fourth-order valence-electron chi connectivity index (χ4n) is 2.56. The maximum absolute atomic E-state index is 12.8. The lowest BCUT2D eigenvalue weighted by Gasteiger charge is -2.16.